The van der Waals surface area contributed by atoms with E-state index in [-0.39, 0.29) is 11.7 Å². The van der Waals surface area contributed by atoms with Crippen LogP contribution in [0.5, 0.6) is 0 Å². The summed E-state index contributed by atoms with van der Waals surface area (Å²) in [6.45, 7) is 2.18. The van der Waals surface area contributed by atoms with Gasteiger partial charge in [-0.3, -0.25) is 9.69 Å². The summed E-state index contributed by atoms with van der Waals surface area (Å²) < 4.78 is 51.0. The molecule has 1 amide bonds. The smallest absolute Gasteiger partial charge is 0.287 e. The van der Waals surface area contributed by atoms with Gasteiger partial charge in [-0.2, -0.15) is 13.2 Å². The lowest BCUT2D eigenvalue weighted by Crippen LogP contribution is -2.28. The number of hydrogen-bond acceptors (Lipinski definition) is 3. The molecule has 140 valence electrons. The standard InChI is InChI=1S/C19H14F4N2OS/c1-2-25-17(26)16(11-12-3-5-13(6-4-12)19(21,22)23)27-18(25)24-15-9-7-14(20)8-10-15/h3-11H,2H2,1H3/b16-11+,24-18?. The highest BCUT2D eigenvalue weighted by Crippen LogP contribution is 2.35. The second-order valence-corrected chi connectivity index (χ2v) is 6.66. The Morgan fingerprint density at radius 2 is 1.70 bits per heavy atom. The minimum absolute atomic E-state index is 0.275. The Hall–Kier alpha value is -2.61. The van der Waals surface area contributed by atoms with Crippen molar-refractivity contribution in [2.24, 2.45) is 4.99 Å². The molecule has 0 bridgehead atoms. The monoisotopic (exact) mass is 394 g/mol. The molecule has 0 aromatic heterocycles. The van der Waals surface area contributed by atoms with Gasteiger partial charge < -0.3 is 0 Å². The van der Waals surface area contributed by atoms with E-state index < -0.39 is 11.7 Å². The predicted molar refractivity (Wildman–Crippen MR) is 97.9 cm³/mol. The van der Waals surface area contributed by atoms with Gasteiger partial charge in [0, 0.05) is 6.54 Å². The van der Waals surface area contributed by atoms with E-state index in [1.54, 1.807) is 6.92 Å². The summed E-state index contributed by atoms with van der Waals surface area (Å²) in [7, 11) is 0. The Labute approximate surface area is 157 Å². The van der Waals surface area contributed by atoms with Gasteiger partial charge >= 0.3 is 6.18 Å². The third kappa shape index (κ3) is 4.39. The van der Waals surface area contributed by atoms with Crippen molar-refractivity contribution >= 4 is 34.6 Å². The lowest BCUT2D eigenvalue weighted by atomic mass is 10.1. The molecule has 1 aliphatic heterocycles. The van der Waals surface area contributed by atoms with Crippen LogP contribution in [0, 0.1) is 5.82 Å². The van der Waals surface area contributed by atoms with Crippen molar-refractivity contribution in [1.82, 2.24) is 4.90 Å². The maximum atomic E-state index is 13.0. The largest absolute Gasteiger partial charge is 0.416 e. The first-order chi connectivity index (χ1) is 12.8. The molecule has 8 heteroatoms. The third-order valence-corrected chi connectivity index (χ3v) is 4.80. The summed E-state index contributed by atoms with van der Waals surface area (Å²) in [5.74, 6) is -0.660. The number of likely N-dealkylation sites (N-methyl/N-ethyl adjacent to an activating group) is 1. The fraction of sp³-hybridized carbons (Fsp3) is 0.158. The first-order valence-electron chi connectivity index (χ1n) is 8.01. The average Bonchev–Trinajstić information content (AvgIpc) is 2.91. The molecule has 2 aromatic rings. The van der Waals surface area contributed by atoms with E-state index in [0.29, 0.717) is 27.9 Å². The van der Waals surface area contributed by atoms with Gasteiger partial charge in [-0.25, -0.2) is 9.38 Å². The van der Waals surface area contributed by atoms with Crippen molar-refractivity contribution in [3.8, 4) is 0 Å². The van der Waals surface area contributed by atoms with Crippen LogP contribution in [0.3, 0.4) is 0 Å². The van der Waals surface area contributed by atoms with E-state index in [9.17, 15) is 22.4 Å². The number of carbonyl (C=O) groups is 1. The van der Waals surface area contributed by atoms with E-state index in [1.165, 1.54) is 47.4 Å². The zero-order chi connectivity index (χ0) is 19.6. The van der Waals surface area contributed by atoms with Crippen molar-refractivity contribution in [2.75, 3.05) is 6.54 Å². The van der Waals surface area contributed by atoms with Gasteiger partial charge in [0.2, 0.25) is 0 Å². The molecule has 1 heterocycles. The number of nitrogens with zero attached hydrogens (tertiary/aromatic N) is 2. The fourth-order valence-corrected chi connectivity index (χ4v) is 3.48. The fourth-order valence-electron chi connectivity index (χ4n) is 2.42. The Morgan fingerprint density at radius 3 is 2.26 bits per heavy atom. The number of benzene rings is 2. The van der Waals surface area contributed by atoms with Gasteiger partial charge in [0.15, 0.2) is 5.17 Å². The minimum Gasteiger partial charge on any atom is -0.287 e. The van der Waals surface area contributed by atoms with Crippen molar-refractivity contribution in [1.29, 1.82) is 0 Å². The zero-order valence-corrected chi connectivity index (χ0v) is 14.9. The zero-order valence-electron chi connectivity index (χ0n) is 14.1. The summed E-state index contributed by atoms with van der Waals surface area (Å²) >= 11 is 1.13. The van der Waals surface area contributed by atoms with E-state index >= 15 is 0 Å². The SMILES string of the molecule is CCN1C(=O)/C(=C\c2ccc(C(F)(F)F)cc2)SC1=Nc1ccc(F)cc1. The second-order valence-electron chi connectivity index (χ2n) is 5.65. The molecule has 1 saturated heterocycles. The maximum Gasteiger partial charge on any atom is 0.416 e. The van der Waals surface area contributed by atoms with Crippen LogP contribution >= 0.6 is 11.8 Å². The molecule has 1 aliphatic rings. The number of aliphatic imine (C=N–C) groups is 1. The van der Waals surface area contributed by atoms with Gasteiger partial charge in [0.05, 0.1) is 16.2 Å². The molecule has 2 aromatic carbocycles. The number of carbonyl (C=O) groups excluding carboxylic acids is 1. The summed E-state index contributed by atoms with van der Waals surface area (Å²) in [6.07, 6.45) is -2.87. The third-order valence-electron chi connectivity index (χ3n) is 3.79. The van der Waals surface area contributed by atoms with Crippen LogP contribution in [0.25, 0.3) is 6.08 Å². The highest BCUT2D eigenvalue weighted by Gasteiger charge is 2.33. The molecule has 1 fully saturated rings. The van der Waals surface area contributed by atoms with Gasteiger partial charge in [0.25, 0.3) is 5.91 Å². The lowest BCUT2D eigenvalue weighted by Gasteiger charge is -2.11. The highest BCUT2D eigenvalue weighted by atomic mass is 32.2. The molecule has 0 spiro atoms. The van der Waals surface area contributed by atoms with Crippen LogP contribution in [-0.2, 0) is 11.0 Å². The number of rotatable bonds is 3. The summed E-state index contributed by atoms with van der Waals surface area (Å²) in [5.41, 5.74) is 0.239. The quantitative estimate of drug-likeness (QED) is 0.511. The maximum absolute atomic E-state index is 13.0. The van der Waals surface area contributed by atoms with Crippen LogP contribution in [0.4, 0.5) is 23.2 Å². The number of hydrogen-bond donors (Lipinski definition) is 0. The number of amides is 1. The minimum atomic E-state index is -4.41. The summed E-state index contributed by atoms with van der Waals surface area (Å²) in [6, 6.07) is 10.1. The van der Waals surface area contributed by atoms with Gasteiger partial charge in [-0.15, -0.1) is 0 Å². The van der Waals surface area contributed by atoms with Crippen LogP contribution in [0.15, 0.2) is 58.4 Å². The van der Waals surface area contributed by atoms with E-state index in [2.05, 4.69) is 4.99 Å². The van der Waals surface area contributed by atoms with Crippen LogP contribution < -0.4 is 0 Å². The van der Waals surface area contributed by atoms with Crippen molar-refractivity contribution < 1.29 is 22.4 Å². The molecule has 0 aliphatic carbocycles. The molecule has 3 nitrogen and oxygen atoms in total. The van der Waals surface area contributed by atoms with Crippen molar-refractivity contribution in [2.45, 2.75) is 13.1 Å². The molecule has 0 atom stereocenters. The topological polar surface area (TPSA) is 32.7 Å². The Morgan fingerprint density at radius 1 is 1.07 bits per heavy atom. The number of amidine groups is 1. The van der Waals surface area contributed by atoms with Crippen molar-refractivity contribution in [3.05, 3.63) is 70.4 Å². The van der Waals surface area contributed by atoms with Crippen LogP contribution in [0.1, 0.15) is 18.1 Å². The van der Waals surface area contributed by atoms with E-state index in [1.807, 2.05) is 0 Å². The van der Waals surface area contributed by atoms with E-state index in [4.69, 9.17) is 0 Å². The molecular formula is C19H14F4N2OS. The second kappa shape index (κ2) is 7.56. The molecule has 0 radical (unpaired) electrons. The van der Waals surface area contributed by atoms with E-state index in [0.717, 1.165) is 23.9 Å². The number of thioether (sulfide) groups is 1. The van der Waals surface area contributed by atoms with Gasteiger partial charge in [-0.05, 0) is 66.7 Å². The Balaban J connectivity index is 1.87. The summed E-state index contributed by atoms with van der Waals surface area (Å²) in [4.78, 5) is 18.7. The van der Waals surface area contributed by atoms with Crippen molar-refractivity contribution in [3.63, 3.8) is 0 Å². The lowest BCUT2D eigenvalue weighted by molar-refractivity contribution is -0.137. The molecule has 0 N–H and O–H groups in total. The van der Waals surface area contributed by atoms with Gasteiger partial charge in [0.1, 0.15) is 5.82 Å². The van der Waals surface area contributed by atoms with Crippen LogP contribution in [0.2, 0.25) is 0 Å². The molecule has 3 rings (SSSR count). The Bertz CT molecular complexity index is 903. The predicted octanol–water partition coefficient (Wildman–Crippen LogP) is 5.47. The number of alkyl halides is 3. The normalized spacial score (nSPS) is 18.0. The Kier molecular flexibility index (Phi) is 5.36. The summed E-state index contributed by atoms with van der Waals surface area (Å²) in [5, 5.41) is 0.437. The highest BCUT2D eigenvalue weighted by molar-refractivity contribution is 8.18. The first kappa shape index (κ1) is 19.2. The molecular weight excluding hydrogens is 380 g/mol. The average molecular weight is 394 g/mol. The number of halogens is 4. The molecule has 0 unspecified atom stereocenters. The molecule has 0 saturated carbocycles. The molecule has 27 heavy (non-hydrogen) atoms. The van der Waals surface area contributed by atoms with Crippen LogP contribution in [-0.4, -0.2) is 22.5 Å². The first-order valence-corrected chi connectivity index (χ1v) is 8.82. The van der Waals surface area contributed by atoms with Gasteiger partial charge in [-0.1, -0.05) is 12.1 Å².